The van der Waals surface area contributed by atoms with E-state index < -0.39 is 6.55 Å². The molecule has 1 aromatic heterocycles. The Balaban J connectivity index is 2.14. The molecule has 2 aromatic rings. The van der Waals surface area contributed by atoms with E-state index in [1.54, 1.807) is 7.11 Å². The van der Waals surface area contributed by atoms with E-state index in [1.165, 1.54) is 12.4 Å². The number of hydrogen-bond acceptors (Lipinski definition) is 4. The lowest BCUT2D eigenvalue weighted by Gasteiger charge is -2.22. The van der Waals surface area contributed by atoms with Gasteiger partial charge in [-0.25, -0.2) is 4.98 Å². The molecule has 22 heavy (non-hydrogen) atoms. The smallest absolute Gasteiger partial charge is 0.319 e. The normalized spacial score (nSPS) is 11.4. The second-order valence-corrected chi connectivity index (χ2v) is 4.77. The molecular formula is C15H19F2N3O2. The van der Waals surface area contributed by atoms with Crippen molar-refractivity contribution in [2.24, 2.45) is 0 Å². The highest BCUT2D eigenvalue weighted by molar-refractivity contribution is 5.33. The van der Waals surface area contributed by atoms with E-state index in [-0.39, 0.29) is 19.0 Å². The van der Waals surface area contributed by atoms with E-state index in [0.717, 1.165) is 15.9 Å². The van der Waals surface area contributed by atoms with Crippen LogP contribution in [0.2, 0.25) is 0 Å². The molecule has 1 N–H and O–H groups in total. The Kier molecular flexibility index (Phi) is 5.85. The Morgan fingerprint density at radius 3 is 2.77 bits per heavy atom. The zero-order chi connectivity index (χ0) is 15.9. The average molecular weight is 311 g/mol. The van der Waals surface area contributed by atoms with Crippen LogP contribution >= 0.6 is 0 Å². The summed E-state index contributed by atoms with van der Waals surface area (Å²) in [5, 5.41) is 9.20. The number of hydrogen-bond donors (Lipinski definition) is 1. The third-order valence-electron chi connectivity index (χ3n) is 3.33. The molecule has 0 bridgehead atoms. The highest BCUT2D eigenvalue weighted by Crippen LogP contribution is 2.21. The highest BCUT2D eigenvalue weighted by Gasteiger charge is 2.16. The van der Waals surface area contributed by atoms with Gasteiger partial charge in [0, 0.05) is 31.0 Å². The first-order chi connectivity index (χ1) is 10.7. The van der Waals surface area contributed by atoms with E-state index >= 15 is 0 Å². The Morgan fingerprint density at radius 2 is 2.09 bits per heavy atom. The summed E-state index contributed by atoms with van der Waals surface area (Å²) in [6.07, 6.45) is 2.60. The van der Waals surface area contributed by atoms with Gasteiger partial charge in [0.15, 0.2) is 0 Å². The summed E-state index contributed by atoms with van der Waals surface area (Å²) in [4.78, 5) is 5.82. The second-order valence-electron chi connectivity index (χ2n) is 4.77. The summed E-state index contributed by atoms with van der Waals surface area (Å²) in [6.45, 7) is -1.64. The van der Waals surface area contributed by atoms with E-state index in [2.05, 4.69) is 4.98 Å². The molecule has 0 unspecified atom stereocenters. The summed E-state index contributed by atoms with van der Waals surface area (Å²) < 4.78 is 31.9. The van der Waals surface area contributed by atoms with E-state index in [9.17, 15) is 13.9 Å². The standard InChI is InChI=1S/C15H19F2N3O2/c1-22-13-5-3-2-4-12(13)10-19(8-9-21)11-14-18-6-7-20(14)15(16)17/h2-7,15,21H,8-11H2,1H3. The zero-order valence-corrected chi connectivity index (χ0v) is 12.3. The summed E-state index contributed by atoms with van der Waals surface area (Å²) in [5.41, 5.74) is 0.925. The largest absolute Gasteiger partial charge is 0.496 e. The molecule has 0 fully saturated rings. The maximum atomic E-state index is 12.9. The van der Waals surface area contributed by atoms with Crippen molar-refractivity contribution in [1.29, 1.82) is 0 Å². The number of imidazole rings is 1. The molecule has 7 heteroatoms. The lowest BCUT2D eigenvalue weighted by atomic mass is 10.2. The molecule has 0 radical (unpaired) electrons. The minimum absolute atomic E-state index is 0.0649. The predicted molar refractivity (Wildman–Crippen MR) is 77.7 cm³/mol. The van der Waals surface area contributed by atoms with Crippen LogP contribution in [0.4, 0.5) is 8.78 Å². The molecule has 0 aliphatic carbocycles. The number of methoxy groups -OCH3 is 1. The van der Waals surface area contributed by atoms with Crippen molar-refractivity contribution in [3.05, 3.63) is 48.0 Å². The summed E-state index contributed by atoms with van der Waals surface area (Å²) in [7, 11) is 1.58. The number of halogens is 2. The van der Waals surface area contributed by atoms with Crippen molar-refractivity contribution in [2.75, 3.05) is 20.3 Å². The van der Waals surface area contributed by atoms with Crippen molar-refractivity contribution in [3.63, 3.8) is 0 Å². The van der Waals surface area contributed by atoms with Gasteiger partial charge >= 0.3 is 6.55 Å². The van der Waals surface area contributed by atoms with Gasteiger partial charge in [0.25, 0.3) is 0 Å². The lowest BCUT2D eigenvalue weighted by molar-refractivity contribution is 0.0629. The van der Waals surface area contributed by atoms with Gasteiger partial charge in [0.1, 0.15) is 11.6 Å². The molecule has 0 amide bonds. The maximum absolute atomic E-state index is 12.9. The molecule has 5 nitrogen and oxygen atoms in total. The van der Waals surface area contributed by atoms with Gasteiger partial charge in [0.05, 0.1) is 20.3 Å². The van der Waals surface area contributed by atoms with Crippen LogP contribution in [-0.4, -0.2) is 39.8 Å². The number of para-hydroxylation sites is 1. The van der Waals surface area contributed by atoms with Crippen LogP contribution in [0, 0.1) is 0 Å². The van der Waals surface area contributed by atoms with Gasteiger partial charge in [-0.2, -0.15) is 8.78 Å². The van der Waals surface area contributed by atoms with Gasteiger partial charge in [-0.05, 0) is 6.07 Å². The molecule has 0 spiro atoms. The van der Waals surface area contributed by atoms with Crippen LogP contribution in [0.15, 0.2) is 36.7 Å². The molecule has 0 atom stereocenters. The quantitative estimate of drug-likeness (QED) is 0.812. The first-order valence-corrected chi connectivity index (χ1v) is 6.90. The Morgan fingerprint density at radius 1 is 1.32 bits per heavy atom. The Hall–Kier alpha value is -1.99. The van der Waals surface area contributed by atoms with E-state index in [4.69, 9.17) is 4.74 Å². The number of benzene rings is 1. The number of rotatable bonds is 8. The van der Waals surface area contributed by atoms with Gasteiger partial charge < -0.3 is 9.84 Å². The third kappa shape index (κ3) is 4.02. The lowest BCUT2D eigenvalue weighted by Crippen LogP contribution is -2.28. The van der Waals surface area contributed by atoms with E-state index in [0.29, 0.717) is 13.1 Å². The van der Waals surface area contributed by atoms with Crippen LogP contribution in [-0.2, 0) is 13.1 Å². The van der Waals surface area contributed by atoms with Gasteiger partial charge in [-0.15, -0.1) is 0 Å². The van der Waals surface area contributed by atoms with Gasteiger partial charge in [0.2, 0.25) is 0 Å². The van der Waals surface area contributed by atoms with Crippen molar-refractivity contribution >= 4 is 0 Å². The molecule has 2 rings (SSSR count). The Bertz CT molecular complexity index is 590. The fourth-order valence-corrected chi connectivity index (χ4v) is 2.27. The minimum Gasteiger partial charge on any atom is -0.496 e. The third-order valence-corrected chi connectivity index (χ3v) is 3.33. The number of alkyl halides is 2. The number of ether oxygens (including phenoxy) is 1. The molecule has 1 aromatic carbocycles. The van der Waals surface area contributed by atoms with Crippen LogP contribution < -0.4 is 4.74 Å². The summed E-state index contributed by atoms with van der Waals surface area (Å²) >= 11 is 0. The number of aliphatic hydroxyl groups is 1. The van der Waals surface area contributed by atoms with Gasteiger partial charge in [-0.3, -0.25) is 9.47 Å². The van der Waals surface area contributed by atoms with Crippen molar-refractivity contribution in [2.45, 2.75) is 19.6 Å². The molecule has 0 aliphatic rings. The molecule has 1 heterocycles. The maximum Gasteiger partial charge on any atom is 0.319 e. The zero-order valence-electron chi connectivity index (χ0n) is 12.3. The molecule has 0 saturated carbocycles. The fourth-order valence-electron chi connectivity index (χ4n) is 2.27. The second kappa shape index (κ2) is 7.86. The first-order valence-electron chi connectivity index (χ1n) is 6.90. The molecule has 120 valence electrons. The number of aromatic nitrogens is 2. The van der Waals surface area contributed by atoms with Crippen molar-refractivity contribution < 1.29 is 18.6 Å². The number of nitrogens with zero attached hydrogens (tertiary/aromatic N) is 3. The minimum atomic E-state index is -2.63. The van der Waals surface area contributed by atoms with E-state index in [1.807, 2.05) is 29.2 Å². The molecule has 0 aliphatic heterocycles. The summed E-state index contributed by atoms with van der Waals surface area (Å²) in [6, 6.07) is 7.49. The molecule has 0 saturated heterocycles. The van der Waals surface area contributed by atoms with Gasteiger partial charge in [-0.1, -0.05) is 18.2 Å². The van der Waals surface area contributed by atoms with Crippen LogP contribution in [0.5, 0.6) is 5.75 Å². The molecular weight excluding hydrogens is 292 g/mol. The average Bonchev–Trinajstić information content (AvgIpc) is 2.96. The Labute approximate surface area is 127 Å². The number of aliphatic hydroxyl groups excluding tert-OH is 1. The fraction of sp³-hybridized carbons (Fsp3) is 0.400. The van der Waals surface area contributed by atoms with Crippen LogP contribution in [0.25, 0.3) is 0 Å². The monoisotopic (exact) mass is 311 g/mol. The van der Waals surface area contributed by atoms with Crippen molar-refractivity contribution in [1.82, 2.24) is 14.5 Å². The predicted octanol–water partition coefficient (Wildman–Crippen LogP) is 2.28. The topological polar surface area (TPSA) is 50.5 Å². The summed E-state index contributed by atoms with van der Waals surface area (Å²) in [5.74, 6) is 0.987. The highest BCUT2D eigenvalue weighted by atomic mass is 19.3. The first kappa shape index (κ1) is 16.4. The van der Waals surface area contributed by atoms with Crippen molar-refractivity contribution in [3.8, 4) is 5.75 Å². The van der Waals surface area contributed by atoms with Crippen LogP contribution in [0.1, 0.15) is 17.9 Å². The van der Waals surface area contributed by atoms with Crippen LogP contribution in [0.3, 0.4) is 0 Å². The SMILES string of the molecule is COc1ccccc1CN(CCO)Cc1nccn1C(F)F.